The first-order chi connectivity index (χ1) is 14.1. The molecule has 0 unspecified atom stereocenters. The van der Waals surface area contributed by atoms with Gasteiger partial charge >= 0.3 is 0 Å². The van der Waals surface area contributed by atoms with Crippen molar-refractivity contribution in [3.63, 3.8) is 0 Å². The molecule has 2 heterocycles. The number of hydrogen-bond donors (Lipinski definition) is 2. The predicted octanol–water partition coefficient (Wildman–Crippen LogP) is 2.10. The SMILES string of the molecule is COc1ccc(CN=C(NCc2ncccc2F)NCc2nnc(C)n2C)cc1. The molecule has 8 nitrogen and oxygen atoms in total. The summed E-state index contributed by atoms with van der Waals surface area (Å²) in [6.45, 7) is 2.97. The molecule has 3 rings (SSSR count). The van der Waals surface area contributed by atoms with Gasteiger partial charge in [0.2, 0.25) is 0 Å². The average Bonchev–Trinajstić information content (AvgIpc) is 3.06. The van der Waals surface area contributed by atoms with Crippen molar-refractivity contribution in [2.75, 3.05) is 7.11 Å². The van der Waals surface area contributed by atoms with Crippen LogP contribution in [0.5, 0.6) is 5.75 Å². The zero-order valence-corrected chi connectivity index (χ0v) is 16.7. The van der Waals surface area contributed by atoms with Crippen LogP contribution in [-0.4, -0.2) is 32.8 Å². The van der Waals surface area contributed by atoms with Crippen LogP contribution in [0.25, 0.3) is 0 Å². The number of aryl methyl sites for hydroxylation is 1. The molecule has 0 atom stereocenters. The van der Waals surface area contributed by atoms with Gasteiger partial charge in [0, 0.05) is 13.2 Å². The van der Waals surface area contributed by atoms with E-state index < -0.39 is 0 Å². The van der Waals surface area contributed by atoms with Gasteiger partial charge in [-0.15, -0.1) is 10.2 Å². The molecule has 9 heteroatoms. The van der Waals surface area contributed by atoms with E-state index in [1.807, 2.05) is 42.8 Å². The Morgan fingerprint density at radius 1 is 1.14 bits per heavy atom. The van der Waals surface area contributed by atoms with Crippen LogP contribution in [0.2, 0.25) is 0 Å². The second kappa shape index (κ2) is 9.63. The maximum Gasteiger partial charge on any atom is 0.192 e. The molecule has 0 aliphatic carbocycles. The minimum atomic E-state index is -0.363. The van der Waals surface area contributed by atoms with Gasteiger partial charge < -0.3 is 19.9 Å². The van der Waals surface area contributed by atoms with E-state index in [1.54, 1.807) is 19.4 Å². The summed E-state index contributed by atoms with van der Waals surface area (Å²) in [6, 6.07) is 10.6. The maximum atomic E-state index is 13.9. The smallest absolute Gasteiger partial charge is 0.192 e. The first-order valence-electron chi connectivity index (χ1n) is 9.16. The van der Waals surface area contributed by atoms with Crippen LogP contribution >= 0.6 is 0 Å². The highest BCUT2D eigenvalue weighted by atomic mass is 19.1. The number of hydrogen-bond acceptors (Lipinski definition) is 5. The van der Waals surface area contributed by atoms with Crippen molar-refractivity contribution in [1.82, 2.24) is 30.4 Å². The van der Waals surface area contributed by atoms with Gasteiger partial charge in [-0.2, -0.15) is 0 Å². The topological polar surface area (TPSA) is 89.2 Å². The second-order valence-electron chi connectivity index (χ2n) is 6.37. The molecule has 2 aromatic heterocycles. The number of aliphatic imine (C=N–C) groups is 1. The van der Waals surface area contributed by atoms with Crippen LogP contribution in [0.3, 0.4) is 0 Å². The third-order valence-corrected chi connectivity index (χ3v) is 4.43. The van der Waals surface area contributed by atoms with Crippen molar-refractivity contribution in [3.8, 4) is 5.75 Å². The molecule has 29 heavy (non-hydrogen) atoms. The molecule has 2 N–H and O–H groups in total. The Morgan fingerprint density at radius 2 is 1.90 bits per heavy atom. The van der Waals surface area contributed by atoms with Gasteiger partial charge in [0.1, 0.15) is 17.4 Å². The molecule has 0 aliphatic heterocycles. The highest BCUT2D eigenvalue weighted by molar-refractivity contribution is 5.79. The number of methoxy groups -OCH3 is 1. The Labute approximate surface area is 168 Å². The number of benzene rings is 1. The minimum absolute atomic E-state index is 0.207. The summed E-state index contributed by atoms with van der Waals surface area (Å²) in [5.74, 6) is 2.54. The molecule has 1 aromatic carbocycles. The Kier molecular flexibility index (Phi) is 6.72. The number of halogens is 1. The maximum absolute atomic E-state index is 13.9. The second-order valence-corrected chi connectivity index (χ2v) is 6.37. The summed E-state index contributed by atoms with van der Waals surface area (Å²) in [6.07, 6.45) is 1.56. The van der Waals surface area contributed by atoms with Gasteiger partial charge in [0.15, 0.2) is 11.8 Å². The Morgan fingerprint density at radius 3 is 2.55 bits per heavy atom. The third kappa shape index (κ3) is 5.50. The monoisotopic (exact) mass is 397 g/mol. The quantitative estimate of drug-likeness (QED) is 0.469. The van der Waals surface area contributed by atoms with Gasteiger partial charge in [-0.1, -0.05) is 12.1 Å². The number of rotatable bonds is 7. The number of aromatic nitrogens is 4. The van der Waals surface area contributed by atoms with Crippen LogP contribution in [0, 0.1) is 12.7 Å². The van der Waals surface area contributed by atoms with Crippen molar-refractivity contribution in [2.45, 2.75) is 26.6 Å². The van der Waals surface area contributed by atoms with Crippen molar-refractivity contribution >= 4 is 5.96 Å². The van der Waals surface area contributed by atoms with Crippen LogP contribution in [0.15, 0.2) is 47.6 Å². The standard InChI is InChI=1S/C20H24FN7O/c1-14-26-27-19(28(14)2)13-25-20(24-12-18-17(21)5-4-10-22-18)23-11-15-6-8-16(29-3)9-7-15/h4-10H,11-13H2,1-3H3,(H2,23,24,25). The predicted molar refractivity (Wildman–Crippen MR) is 108 cm³/mol. The fourth-order valence-electron chi connectivity index (χ4n) is 2.56. The molecule has 0 saturated heterocycles. The van der Waals surface area contributed by atoms with E-state index in [9.17, 15) is 4.39 Å². The minimum Gasteiger partial charge on any atom is -0.497 e. The lowest BCUT2D eigenvalue weighted by Gasteiger charge is -2.13. The van der Waals surface area contributed by atoms with Gasteiger partial charge in [-0.3, -0.25) is 4.98 Å². The van der Waals surface area contributed by atoms with E-state index >= 15 is 0 Å². The van der Waals surface area contributed by atoms with E-state index in [1.165, 1.54) is 6.07 Å². The fourth-order valence-corrected chi connectivity index (χ4v) is 2.56. The molecule has 0 aliphatic rings. The van der Waals surface area contributed by atoms with Crippen LogP contribution in [0.1, 0.15) is 22.9 Å². The van der Waals surface area contributed by atoms with E-state index in [-0.39, 0.29) is 12.4 Å². The number of nitrogens with one attached hydrogen (secondary N) is 2. The van der Waals surface area contributed by atoms with E-state index in [2.05, 4.69) is 30.8 Å². The highest BCUT2D eigenvalue weighted by Gasteiger charge is 2.08. The molecule has 0 radical (unpaired) electrons. The number of ether oxygens (including phenoxy) is 1. The summed E-state index contributed by atoms with van der Waals surface area (Å²) in [5.41, 5.74) is 1.34. The molecule has 0 amide bonds. The molecule has 0 spiro atoms. The first kappa shape index (κ1) is 20.2. The average molecular weight is 397 g/mol. The molecule has 152 valence electrons. The third-order valence-electron chi connectivity index (χ3n) is 4.43. The Bertz CT molecular complexity index is 969. The van der Waals surface area contributed by atoms with E-state index in [4.69, 9.17) is 4.74 Å². The number of pyridine rings is 1. The number of guanidine groups is 1. The van der Waals surface area contributed by atoms with Crippen LogP contribution < -0.4 is 15.4 Å². The molecule has 0 fully saturated rings. The largest absolute Gasteiger partial charge is 0.497 e. The van der Waals surface area contributed by atoms with Gasteiger partial charge in [-0.25, -0.2) is 9.38 Å². The Hall–Kier alpha value is -3.49. The van der Waals surface area contributed by atoms with Crippen LogP contribution in [0.4, 0.5) is 4.39 Å². The van der Waals surface area contributed by atoms with E-state index in [0.29, 0.717) is 24.7 Å². The summed E-state index contributed by atoms with van der Waals surface area (Å²) in [5, 5.41) is 14.5. The molecule has 0 bridgehead atoms. The van der Waals surface area contributed by atoms with Gasteiger partial charge in [0.25, 0.3) is 0 Å². The van der Waals surface area contributed by atoms with Gasteiger partial charge in [-0.05, 0) is 36.8 Å². The van der Waals surface area contributed by atoms with E-state index in [0.717, 1.165) is 23.0 Å². The zero-order chi connectivity index (χ0) is 20.6. The summed E-state index contributed by atoms with van der Waals surface area (Å²) in [4.78, 5) is 8.65. The first-order valence-corrected chi connectivity index (χ1v) is 9.16. The van der Waals surface area contributed by atoms with Crippen molar-refractivity contribution in [1.29, 1.82) is 0 Å². The lowest BCUT2D eigenvalue weighted by atomic mass is 10.2. The number of nitrogens with zero attached hydrogens (tertiary/aromatic N) is 5. The van der Waals surface area contributed by atoms with Crippen molar-refractivity contribution in [3.05, 3.63) is 71.3 Å². The normalized spacial score (nSPS) is 11.4. The summed E-state index contributed by atoms with van der Waals surface area (Å²) >= 11 is 0. The van der Waals surface area contributed by atoms with Crippen molar-refractivity contribution in [2.24, 2.45) is 12.0 Å². The lowest BCUT2D eigenvalue weighted by Crippen LogP contribution is -2.37. The Balaban J connectivity index is 1.70. The lowest BCUT2D eigenvalue weighted by molar-refractivity contribution is 0.414. The fraction of sp³-hybridized carbons (Fsp3) is 0.300. The highest BCUT2D eigenvalue weighted by Crippen LogP contribution is 2.12. The van der Waals surface area contributed by atoms with Gasteiger partial charge in [0.05, 0.1) is 32.4 Å². The summed E-state index contributed by atoms with van der Waals surface area (Å²) < 4.78 is 20.9. The zero-order valence-electron chi connectivity index (χ0n) is 16.7. The molecule has 3 aromatic rings. The molecular weight excluding hydrogens is 373 g/mol. The molecular formula is C20H24FN7O. The molecule has 0 saturated carbocycles. The summed E-state index contributed by atoms with van der Waals surface area (Å²) in [7, 11) is 3.53. The van der Waals surface area contributed by atoms with Crippen LogP contribution in [-0.2, 0) is 26.7 Å². The van der Waals surface area contributed by atoms with Crippen molar-refractivity contribution < 1.29 is 9.13 Å².